The average molecular weight is 400 g/mol. The van der Waals surface area contributed by atoms with Gasteiger partial charge in [0.1, 0.15) is 18.4 Å². The van der Waals surface area contributed by atoms with E-state index in [1.807, 2.05) is 0 Å². The first-order valence-electron chi connectivity index (χ1n) is 7.25. The van der Waals surface area contributed by atoms with E-state index >= 15 is 0 Å². The highest BCUT2D eigenvalue weighted by Gasteiger charge is 2.39. The van der Waals surface area contributed by atoms with Crippen LogP contribution in [0, 0.1) is 0 Å². The van der Waals surface area contributed by atoms with E-state index in [9.17, 15) is 9.66 Å². The number of aromatic nitrogens is 5. The van der Waals surface area contributed by atoms with Crippen LogP contribution >= 0.6 is 23.2 Å². The Balaban J connectivity index is 1.98. The van der Waals surface area contributed by atoms with Gasteiger partial charge in [0, 0.05) is 40.0 Å². The van der Waals surface area contributed by atoms with Crippen LogP contribution in [0.3, 0.4) is 0 Å². The van der Waals surface area contributed by atoms with Gasteiger partial charge >= 0.3 is 5.16 Å². The van der Waals surface area contributed by atoms with Gasteiger partial charge in [0.25, 0.3) is 0 Å². The summed E-state index contributed by atoms with van der Waals surface area (Å²) in [5.74, 6) is -0.112. The van der Waals surface area contributed by atoms with Crippen molar-refractivity contribution in [3.05, 3.63) is 58.9 Å². The Labute approximate surface area is 157 Å². The standard InChI is InChI=1S/C15H15Cl2N5O2S/c1-21-5-4-19-14(21)25(24)8-15(23,7-22-10-18-9-20-22)12-3-2-11(16)6-13(12)17/h2-6,9-10,23H,7-8H2,1H3. The molecule has 0 radical (unpaired) electrons. The quantitative estimate of drug-likeness (QED) is 0.640. The lowest BCUT2D eigenvalue weighted by atomic mass is 9.95. The van der Waals surface area contributed by atoms with Crippen LogP contribution in [0.5, 0.6) is 0 Å². The molecule has 2 aromatic heterocycles. The zero-order valence-electron chi connectivity index (χ0n) is 13.2. The van der Waals surface area contributed by atoms with Crippen molar-refractivity contribution in [2.24, 2.45) is 7.05 Å². The first-order valence-corrected chi connectivity index (χ1v) is 9.32. The number of aryl methyl sites for hydroxylation is 1. The summed E-state index contributed by atoms with van der Waals surface area (Å²) in [7, 11) is 1.74. The molecule has 25 heavy (non-hydrogen) atoms. The number of imidazole rings is 1. The van der Waals surface area contributed by atoms with E-state index in [1.165, 1.54) is 23.4 Å². The zero-order valence-corrected chi connectivity index (χ0v) is 15.5. The monoisotopic (exact) mass is 399 g/mol. The van der Waals surface area contributed by atoms with Crippen molar-refractivity contribution in [2.45, 2.75) is 17.3 Å². The SMILES string of the molecule is Cn1ccnc1[S+]([O-])CC(O)(Cn1cncn1)c1ccc(Cl)cc1Cl. The van der Waals surface area contributed by atoms with Crippen LogP contribution in [0.25, 0.3) is 0 Å². The molecule has 0 saturated carbocycles. The lowest BCUT2D eigenvalue weighted by Gasteiger charge is -2.29. The fraction of sp³-hybridized carbons (Fsp3) is 0.267. The highest BCUT2D eigenvalue weighted by molar-refractivity contribution is 7.91. The molecule has 2 unspecified atom stereocenters. The van der Waals surface area contributed by atoms with Crippen LogP contribution in [0.2, 0.25) is 10.0 Å². The molecule has 0 aliphatic heterocycles. The Bertz CT molecular complexity index is 857. The smallest absolute Gasteiger partial charge is 0.322 e. The predicted molar refractivity (Wildman–Crippen MR) is 94.9 cm³/mol. The molecule has 1 aromatic carbocycles. The van der Waals surface area contributed by atoms with E-state index in [1.54, 1.807) is 36.1 Å². The molecule has 0 fully saturated rings. The molecule has 0 aliphatic carbocycles. The van der Waals surface area contributed by atoms with Crippen LogP contribution in [0.4, 0.5) is 0 Å². The van der Waals surface area contributed by atoms with E-state index in [0.717, 1.165) is 0 Å². The van der Waals surface area contributed by atoms with Gasteiger partial charge in [0.05, 0.1) is 12.7 Å². The summed E-state index contributed by atoms with van der Waals surface area (Å²) in [6.45, 7) is 0.0323. The third-order valence-corrected chi connectivity index (χ3v) is 5.76. The molecule has 2 atom stereocenters. The van der Waals surface area contributed by atoms with Crippen molar-refractivity contribution >= 4 is 34.4 Å². The van der Waals surface area contributed by atoms with Crippen molar-refractivity contribution < 1.29 is 9.66 Å². The Morgan fingerprint density at radius 2 is 2.16 bits per heavy atom. The second-order valence-electron chi connectivity index (χ2n) is 5.56. The highest BCUT2D eigenvalue weighted by Crippen LogP contribution is 2.34. The number of rotatable bonds is 6. The highest BCUT2D eigenvalue weighted by atomic mass is 35.5. The van der Waals surface area contributed by atoms with Crippen LogP contribution < -0.4 is 0 Å². The van der Waals surface area contributed by atoms with E-state index in [-0.39, 0.29) is 17.3 Å². The number of hydrogen-bond donors (Lipinski definition) is 1. The molecule has 2 heterocycles. The van der Waals surface area contributed by atoms with Crippen LogP contribution in [-0.2, 0) is 30.4 Å². The first-order chi connectivity index (χ1) is 11.9. The van der Waals surface area contributed by atoms with E-state index < -0.39 is 16.8 Å². The molecule has 3 rings (SSSR count). The molecule has 132 valence electrons. The second kappa shape index (κ2) is 7.35. The predicted octanol–water partition coefficient (Wildman–Crippen LogP) is 2.01. The van der Waals surface area contributed by atoms with Crippen molar-refractivity contribution in [2.75, 3.05) is 5.75 Å². The molecule has 0 saturated heterocycles. The van der Waals surface area contributed by atoms with Crippen molar-refractivity contribution in [1.29, 1.82) is 0 Å². The molecule has 0 bridgehead atoms. The minimum absolute atomic E-state index is 0.0323. The molecule has 0 amide bonds. The third-order valence-electron chi connectivity index (χ3n) is 3.67. The summed E-state index contributed by atoms with van der Waals surface area (Å²) < 4.78 is 15.9. The molecule has 1 N–H and O–H groups in total. The molecule has 0 aliphatic rings. The van der Waals surface area contributed by atoms with E-state index in [0.29, 0.717) is 15.7 Å². The average Bonchev–Trinajstić information content (AvgIpc) is 3.18. The van der Waals surface area contributed by atoms with Gasteiger partial charge in [0.2, 0.25) is 0 Å². The zero-order chi connectivity index (χ0) is 18.0. The maximum atomic E-state index is 12.8. The number of aliphatic hydroxyl groups is 1. The van der Waals surface area contributed by atoms with Gasteiger partial charge in [0.15, 0.2) is 5.60 Å². The van der Waals surface area contributed by atoms with Crippen LogP contribution in [0.1, 0.15) is 5.56 Å². The topological polar surface area (TPSA) is 91.8 Å². The Morgan fingerprint density at radius 3 is 2.76 bits per heavy atom. The Morgan fingerprint density at radius 1 is 1.36 bits per heavy atom. The van der Waals surface area contributed by atoms with Gasteiger partial charge in [-0.2, -0.15) is 10.1 Å². The van der Waals surface area contributed by atoms with Crippen LogP contribution in [0.15, 0.2) is 48.4 Å². The van der Waals surface area contributed by atoms with E-state index in [2.05, 4.69) is 15.1 Å². The van der Waals surface area contributed by atoms with Gasteiger partial charge in [-0.1, -0.05) is 29.3 Å². The summed E-state index contributed by atoms with van der Waals surface area (Å²) in [6.07, 6.45) is 6.08. The second-order valence-corrected chi connectivity index (χ2v) is 7.75. The third kappa shape index (κ3) is 3.99. The maximum Gasteiger partial charge on any atom is 0.322 e. The summed E-state index contributed by atoms with van der Waals surface area (Å²) in [5.41, 5.74) is -1.14. The Kier molecular flexibility index (Phi) is 5.35. The van der Waals surface area contributed by atoms with Gasteiger partial charge in [-0.05, 0) is 12.1 Å². The van der Waals surface area contributed by atoms with Crippen molar-refractivity contribution in [3.8, 4) is 0 Å². The van der Waals surface area contributed by atoms with Crippen molar-refractivity contribution in [1.82, 2.24) is 24.3 Å². The normalized spacial score (nSPS) is 15.1. The lowest BCUT2D eigenvalue weighted by Crippen LogP contribution is -2.40. The number of hydrogen-bond acceptors (Lipinski definition) is 5. The van der Waals surface area contributed by atoms with Gasteiger partial charge in [-0.25, -0.2) is 9.67 Å². The molecular weight excluding hydrogens is 385 g/mol. The number of halogens is 2. The maximum absolute atomic E-state index is 12.8. The van der Waals surface area contributed by atoms with E-state index in [4.69, 9.17) is 23.2 Å². The number of benzene rings is 1. The minimum atomic E-state index is -1.56. The first kappa shape index (κ1) is 18.2. The lowest BCUT2D eigenvalue weighted by molar-refractivity contribution is 0.0379. The summed E-state index contributed by atoms with van der Waals surface area (Å²) in [5, 5.41) is 16.5. The summed E-state index contributed by atoms with van der Waals surface area (Å²) in [6, 6.07) is 4.78. The molecular formula is C15H15Cl2N5O2S. The van der Waals surface area contributed by atoms with Crippen molar-refractivity contribution in [3.63, 3.8) is 0 Å². The Hall–Kier alpha value is -1.58. The van der Waals surface area contributed by atoms with Gasteiger partial charge < -0.3 is 9.66 Å². The number of nitrogens with zero attached hydrogens (tertiary/aromatic N) is 5. The molecule has 7 nitrogen and oxygen atoms in total. The minimum Gasteiger partial charge on any atom is -0.609 e. The summed E-state index contributed by atoms with van der Waals surface area (Å²) in [4.78, 5) is 7.96. The van der Waals surface area contributed by atoms with Gasteiger partial charge in [-0.15, -0.1) is 0 Å². The molecule has 10 heteroatoms. The fourth-order valence-corrected chi connectivity index (χ4v) is 4.47. The van der Waals surface area contributed by atoms with Gasteiger partial charge in [-0.3, -0.25) is 4.57 Å². The van der Waals surface area contributed by atoms with Crippen LogP contribution in [-0.4, -0.2) is 39.7 Å². The largest absolute Gasteiger partial charge is 0.609 e. The molecule has 3 aromatic rings. The molecule has 0 spiro atoms. The fourth-order valence-electron chi connectivity index (χ4n) is 2.51. The summed E-state index contributed by atoms with van der Waals surface area (Å²) >= 11 is 10.7.